The van der Waals surface area contributed by atoms with Crippen LogP contribution in [0.1, 0.15) is 22.7 Å². The van der Waals surface area contributed by atoms with Crippen LogP contribution in [0.25, 0.3) is 0 Å². The van der Waals surface area contributed by atoms with E-state index in [1.54, 1.807) is 13.2 Å². The topological polar surface area (TPSA) is 47.3 Å². The molecule has 0 radical (unpaired) electrons. The molecule has 0 saturated carbocycles. The van der Waals surface area contributed by atoms with Crippen molar-refractivity contribution in [1.29, 1.82) is 0 Å². The van der Waals surface area contributed by atoms with Crippen LogP contribution in [0.3, 0.4) is 0 Å². The molecule has 0 saturated heterocycles. The molecule has 5 heteroatoms. The number of ether oxygens (including phenoxy) is 1. The van der Waals surface area contributed by atoms with E-state index >= 15 is 0 Å². The summed E-state index contributed by atoms with van der Waals surface area (Å²) in [5, 5.41) is 0.398. The molecule has 0 aromatic heterocycles. The fraction of sp³-hybridized carbons (Fsp3) is 0.250. The molecular formula is C16H18ClFN2O. The third-order valence-electron chi connectivity index (χ3n) is 3.47. The molecule has 112 valence electrons. The third-order valence-corrected chi connectivity index (χ3v) is 3.83. The van der Waals surface area contributed by atoms with Crippen molar-refractivity contribution in [2.45, 2.75) is 19.4 Å². The first-order valence-corrected chi connectivity index (χ1v) is 6.97. The maximum Gasteiger partial charge on any atom is 0.124 e. The number of hydrazine groups is 1. The molecule has 1 atom stereocenters. The highest BCUT2D eigenvalue weighted by molar-refractivity contribution is 6.31. The van der Waals surface area contributed by atoms with Crippen molar-refractivity contribution in [3.63, 3.8) is 0 Å². The first-order chi connectivity index (χ1) is 10.0. The Labute approximate surface area is 128 Å². The van der Waals surface area contributed by atoms with Crippen molar-refractivity contribution in [2.24, 2.45) is 5.84 Å². The van der Waals surface area contributed by atoms with E-state index < -0.39 is 0 Å². The molecule has 3 N–H and O–H groups in total. The summed E-state index contributed by atoms with van der Waals surface area (Å²) in [4.78, 5) is 0. The zero-order valence-corrected chi connectivity index (χ0v) is 12.7. The molecule has 21 heavy (non-hydrogen) atoms. The van der Waals surface area contributed by atoms with Gasteiger partial charge in [-0.3, -0.25) is 11.3 Å². The number of halogens is 2. The lowest BCUT2D eigenvalue weighted by Gasteiger charge is -2.18. The normalized spacial score (nSPS) is 12.2. The summed E-state index contributed by atoms with van der Waals surface area (Å²) in [6.07, 6.45) is 0.557. The first-order valence-electron chi connectivity index (χ1n) is 6.59. The number of hydrogen-bond donors (Lipinski definition) is 2. The minimum Gasteiger partial charge on any atom is -0.496 e. The van der Waals surface area contributed by atoms with Gasteiger partial charge in [-0.2, -0.15) is 0 Å². The minimum absolute atomic E-state index is 0.137. The molecule has 2 rings (SSSR count). The fourth-order valence-electron chi connectivity index (χ4n) is 2.23. The summed E-state index contributed by atoms with van der Waals surface area (Å²) >= 11 is 6.07. The monoisotopic (exact) mass is 308 g/mol. The Hall–Kier alpha value is -1.62. The summed E-state index contributed by atoms with van der Waals surface area (Å²) in [6, 6.07) is 10.1. The molecule has 2 aromatic carbocycles. The molecule has 0 aliphatic heterocycles. The Morgan fingerprint density at radius 3 is 2.67 bits per heavy atom. The summed E-state index contributed by atoms with van der Waals surface area (Å²) in [7, 11) is 1.63. The van der Waals surface area contributed by atoms with Gasteiger partial charge in [-0.1, -0.05) is 29.8 Å². The Morgan fingerprint density at radius 2 is 2.05 bits per heavy atom. The lowest BCUT2D eigenvalue weighted by molar-refractivity contribution is 0.410. The Bertz CT molecular complexity index is 634. The van der Waals surface area contributed by atoms with E-state index in [-0.39, 0.29) is 11.9 Å². The lowest BCUT2D eigenvalue weighted by Crippen LogP contribution is -2.29. The van der Waals surface area contributed by atoms with Crippen LogP contribution in [0.4, 0.5) is 4.39 Å². The molecular weight excluding hydrogens is 291 g/mol. The number of benzene rings is 2. The fourth-order valence-corrected chi connectivity index (χ4v) is 2.48. The van der Waals surface area contributed by atoms with Gasteiger partial charge in [0.15, 0.2) is 0 Å². The third kappa shape index (κ3) is 3.73. The van der Waals surface area contributed by atoms with Gasteiger partial charge >= 0.3 is 0 Å². The van der Waals surface area contributed by atoms with Crippen LogP contribution in [0.2, 0.25) is 5.02 Å². The molecule has 0 aliphatic rings. The van der Waals surface area contributed by atoms with Crippen LogP contribution in [-0.4, -0.2) is 7.11 Å². The number of hydrogen-bond acceptors (Lipinski definition) is 3. The van der Waals surface area contributed by atoms with Crippen LogP contribution in [0.15, 0.2) is 36.4 Å². The van der Waals surface area contributed by atoms with Crippen molar-refractivity contribution >= 4 is 11.6 Å². The van der Waals surface area contributed by atoms with Gasteiger partial charge in [-0.05, 0) is 48.2 Å². The molecule has 1 unspecified atom stereocenters. The second-order valence-electron chi connectivity index (χ2n) is 4.89. The largest absolute Gasteiger partial charge is 0.496 e. The number of nitrogens with one attached hydrogen (secondary N) is 1. The number of rotatable bonds is 5. The average Bonchev–Trinajstić information content (AvgIpc) is 2.47. The number of methoxy groups -OCH3 is 1. The summed E-state index contributed by atoms with van der Waals surface area (Å²) in [5.41, 5.74) is 5.64. The van der Waals surface area contributed by atoms with Gasteiger partial charge in [0.2, 0.25) is 0 Å². The molecule has 0 fully saturated rings. The zero-order valence-electron chi connectivity index (χ0n) is 12.0. The first kappa shape index (κ1) is 15.8. The van der Waals surface area contributed by atoms with Gasteiger partial charge in [0.1, 0.15) is 11.6 Å². The van der Waals surface area contributed by atoms with E-state index in [9.17, 15) is 4.39 Å². The standard InChI is InChI=1S/C16H18ClFN2O/c1-10-3-4-12(8-16(10)21-2)15(20-19)7-11-5-6-13(18)9-14(11)17/h3-6,8-9,15,20H,7,19H2,1-2H3. The summed E-state index contributed by atoms with van der Waals surface area (Å²) < 4.78 is 18.4. The van der Waals surface area contributed by atoms with Crippen LogP contribution in [-0.2, 0) is 6.42 Å². The second-order valence-corrected chi connectivity index (χ2v) is 5.30. The van der Waals surface area contributed by atoms with Crippen molar-refractivity contribution in [3.05, 3.63) is 63.9 Å². The van der Waals surface area contributed by atoms with Gasteiger partial charge in [0.05, 0.1) is 13.2 Å². The highest BCUT2D eigenvalue weighted by Crippen LogP contribution is 2.27. The SMILES string of the molecule is COc1cc(C(Cc2ccc(F)cc2Cl)NN)ccc1C. The van der Waals surface area contributed by atoms with Crippen molar-refractivity contribution < 1.29 is 9.13 Å². The molecule has 0 heterocycles. The molecule has 0 amide bonds. The van der Waals surface area contributed by atoms with Crippen LogP contribution in [0.5, 0.6) is 5.75 Å². The van der Waals surface area contributed by atoms with Crippen molar-refractivity contribution in [3.8, 4) is 5.75 Å². The van der Waals surface area contributed by atoms with Gasteiger partial charge in [0, 0.05) is 5.02 Å². The highest BCUT2D eigenvalue weighted by Gasteiger charge is 2.14. The van der Waals surface area contributed by atoms with E-state index in [0.29, 0.717) is 11.4 Å². The van der Waals surface area contributed by atoms with E-state index in [1.165, 1.54) is 12.1 Å². The van der Waals surface area contributed by atoms with Gasteiger partial charge in [0.25, 0.3) is 0 Å². The smallest absolute Gasteiger partial charge is 0.124 e. The zero-order chi connectivity index (χ0) is 15.4. The van der Waals surface area contributed by atoms with Crippen LogP contribution in [0, 0.1) is 12.7 Å². The molecule has 0 bridgehead atoms. The van der Waals surface area contributed by atoms with Crippen LogP contribution >= 0.6 is 11.6 Å². The number of nitrogens with two attached hydrogens (primary N) is 1. The Balaban J connectivity index is 2.27. The summed E-state index contributed by atoms with van der Waals surface area (Å²) in [5.74, 6) is 6.11. The quantitative estimate of drug-likeness (QED) is 0.656. The number of aryl methyl sites for hydroxylation is 1. The molecule has 2 aromatic rings. The van der Waals surface area contributed by atoms with Crippen LogP contribution < -0.4 is 16.0 Å². The Morgan fingerprint density at radius 1 is 1.29 bits per heavy atom. The second kappa shape index (κ2) is 6.89. The Kier molecular flexibility index (Phi) is 5.17. The maximum absolute atomic E-state index is 13.1. The van der Waals surface area contributed by atoms with Gasteiger partial charge < -0.3 is 4.74 Å². The van der Waals surface area contributed by atoms with Gasteiger partial charge in [-0.25, -0.2) is 4.39 Å². The summed E-state index contributed by atoms with van der Waals surface area (Å²) in [6.45, 7) is 1.98. The van der Waals surface area contributed by atoms with E-state index in [4.69, 9.17) is 22.2 Å². The molecule has 0 aliphatic carbocycles. The average molecular weight is 309 g/mol. The van der Waals surface area contributed by atoms with Crippen molar-refractivity contribution in [2.75, 3.05) is 7.11 Å². The lowest BCUT2D eigenvalue weighted by atomic mass is 9.98. The van der Waals surface area contributed by atoms with E-state index in [0.717, 1.165) is 22.4 Å². The van der Waals surface area contributed by atoms with E-state index in [1.807, 2.05) is 25.1 Å². The van der Waals surface area contributed by atoms with E-state index in [2.05, 4.69) is 5.43 Å². The molecule has 3 nitrogen and oxygen atoms in total. The predicted octanol–water partition coefficient (Wildman–Crippen LogP) is 3.54. The predicted molar refractivity (Wildman–Crippen MR) is 82.9 cm³/mol. The highest BCUT2D eigenvalue weighted by atomic mass is 35.5. The van der Waals surface area contributed by atoms with Crippen molar-refractivity contribution in [1.82, 2.24) is 5.43 Å². The minimum atomic E-state index is -0.349. The molecule has 0 spiro atoms. The maximum atomic E-state index is 13.1. The van der Waals surface area contributed by atoms with Gasteiger partial charge in [-0.15, -0.1) is 0 Å².